The summed E-state index contributed by atoms with van der Waals surface area (Å²) in [5, 5.41) is 0. The molecular weight excluding hydrogens is 394 g/mol. The average molecular weight is 415 g/mol. The van der Waals surface area contributed by atoms with Crippen molar-refractivity contribution in [3.63, 3.8) is 0 Å². The van der Waals surface area contributed by atoms with Gasteiger partial charge in [-0.25, -0.2) is 9.69 Å². The third-order valence-electron chi connectivity index (χ3n) is 4.94. The minimum absolute atomic E-state index is 0.103. The fraction of sp³-hybridized carbons (Fsp3) is 0.160. The summed E-state index contributed by atoms with van der Waals surface area (Å²) in [6, 6.07) is 18.8. The third kappa shape index (κ3) is 4.19. The Morgan fingerprint density at radius 2 is 1.39 bits per heavy atom. The second kappa shape index (κ2) is 8.44. The summed E-state index contributed by atoms with van der Waals surface area (Å²) in [6.07, 6.45) is 0. The van der Waals surface area contributed by atoms with Crippen LogP contribution in [-0.4, -0.2) is 31.0 Å². The number of carbonyl (C=O) groups excluding carboxylic acids is 3. The molecule has 0 saturated heterocycles. The van der Waals surface area contributed by atoms with Gasteiger partial charge in [0.25, 0.3) is 11.8 Å². The Morgan fingerprint density at radius 3 is 1.97 bits per heavy atom. The van der Waals surface area contributed by atoms with Crippen molar-refractivity contribution in [3.8, 4) is 5.75 Å². The molecule has 3 aromatic rings. The summed E-state index contributed by atoms with van der Waals surface area (Å²) in [4.78, 5) is 38.5. The molecule has 1 aliphatic heterocycles. The first-order valence-corrected chi connectivity index (χ1v) is 9.90. The average Bonchev–Trinajstić information content (AvgIpc) is 3.01. The van der Waals surface area contributed by atoms with Gasteiger partial charge in [-0.3, -0.25) is 9.59 Å². The van der Waals surface area contributed by atoms with Crippen LogP contribution in [0.25, 0.3) is 0 Å². The molecule has 1 heterocycles. The van der Waals surface area contributed by atoms with Crippen molar-refractivity contribution >= 4 is 23.5 Å². The van der Waals surface area contributed by atoms with Crippen LogP contribution < -0.4 is 9.64 Å². The number of carbonyl (C=O) groups is 3. The first-order chi connectivity index (χ1) is 14.9. The van der Waals surface area contributed by atoms with Crippen LogP contribution in [0.15, 0.2) is 66.7 Å². The van der Waals surface area contributed by atoms with E-state index in [1.165, 1.54) is 12.1 Å². The molecule has 4 rings (SSSR count). The van der Waals surface area contributed by atoms with Crippen LogP contribution in [0.3, 0.4) is 0 Å². The van der Waals surface area contributed by atoms with Crippen molar-refractivity contribution in [1.82, 2.24) is 0 Å². The summed E-state index contributed by atoms with van der Waals surface area (Å²) in [5.41, 5.74) is 3.68. The molecule has 0 unspecified atom stereocenters. The number of aryl methyl sites for hydroxylation is 2. The van der Waals surface area contributed by atoms with E-state index in [2.05, 4.69) is 6.07 Å². The van der Waals surface area contributed by atoms with Gasteiger partial charge >= 0.3 is 5.97 Å². The summed E-state index contributed by atoms with van der Waals surface area (Å²) >= 11 is 0. The van der Waals surface area contributed by atoms with Gasteiger partial charge in [-0.2, -0.15) is 0 Å². The van der Waals surface area contributed by atoms with E-state index in [0.29, 0.717) is 22.4 Å². The Hall–Kier alpha value is -3.93. The molecule has 0 aromatic heterocycles. The van der Waals surface area contributed by atoms with Gasteiger partial charge in [0, 0.05) is 0 Å². The molecule has 31 heavy (non-hydrogen) atoms. The van der Waals surface area contributed by atoms with Crippen LogP contribution in [0.2, 0.25) is 0 Å². The molecule has 0 spiro atoms. The normalized spacial score (nSPS) is 12.6. The van der Waals surface area contributed by atoms with Crippen molar-refractivity contribution in [2.24, 2.45) is 0 Å². The van der Waals surface area contributed by atoms with Gasteiger partial charge in [-0.1, -0.05) is 18.2 Å². The number of hydrogen-bond donors (Lipinski definition) is 0. The van der Waals surface area contributed by atoms with E-state index in [0.717, 1.165) is 21.8 Å². The molecule has 0 saturated carbocycles. The Balaban J connectivity index is 1.34. The number of amides is 2. The fourth-order valence-corrected chi connectivity index (χ4v) is 3.56. The molecule has 0 radical (unpaired) electrons. The van der Waals surface area contributed by atoms with E-state index in [9.17, 15) is 14.4 Å². The van der Waals surface area contributed by atoms with Crippen LogP contribution >= 0.6 is 0 Å². The fourth-order valence-electron chi connectivity index (χ4n) is 3.56. The minimum Gasteiger partial charge on any atom is -0.490 e. The highest BCUT2D eigenvalue weighted by molar-refractivity contribution is 6.34. The minimum atomic E-state index is -0.502. The monoisotopic (exact) mass is 415 g/mol. The number of ether oxygens (including phenoxy) is 2. The van der Waals surface area contributed by atoms with E-state index < -0.39 is 5.97 Å². The molecule has 0 bridgehead atoms. The lowest BCUT2D eigenvalue weighted by Gasteiger charge is -2.14. The maximum Gasteiger partial charge on any atom is 0.338 e. The Bertz CT molecular complexity index is 1110. The molecule has 6 nitrogen and oxygen atoms in total. The number of imide groups is 1. The first-order valence-electron chi connectivity index (χ1n) is 9.90. The number of hydrogen-bond acceptors (Lipinski definition) is 5. The van der Waals surface area contributed by atoms with Gasteiger partial charge in [0.05, 0.1) is 22.4 Å². The predicted molar refractivity (Wildman–Crippen MR) is 116 cm³/mol. The van der Waals surface area contributed by atoms with Gasteiger partial charge in [0.1, 0.15) is 19.0 Å². The lowest BCUT2D eigenvalue weighted by molar-refractivity contribution is 0.0450. The molecule has 2 amide bonds. The van der Waals surface area contributed by atoms with Crippen molar-refractivity contribution in [1.29, 1.82) is 0 Å². The second-order valence-corrected chi connectivity index (χ2v) is 7.35. The van der Waals surface area contributed by atoms with E-state index >= 15 is 0 Å². The van der Waals surface area contributed by atoms with Crippen LogP contribution in [0, 0.1) is 13.8 Å². The highest BCUT2D eigenvalue weighted by Crippen LogP contribution is 2.28. The van der Waals surface area contributed by atoms with E-state index in [1.807, 2.05) is 26.0 Å². The number of anilines is 1. The molecule has 6 heteroatoms. The van der Waals surface area contributed by atoms with Gasteiger partial charge in [0.15, 0.2) is 0 Å². The predicted octanol–water partition coefficient (Wildman–Crippen LogP) is 4.34. The molecule has 1 aliphatic rings. The number of esters is 1. The van der Waals surface area contributed by atoms with Gasteiger partial charge in [0.2, 0.25) is 0 Å². The summed E-state index contributed by atoms with van der Waals surface area (Å²) in [6.45, 7) is 4.32. The van der Waals surface area contributed by atoms with Crippen LogP contribution in [-0.2, 0) is 4.74 Å². The van der Waals surface area contributed by atoms with Crippen LogP contribution in [0.1, 0.15) is 42.2 Å². The molecule has 0 fully saturated rings. The Morgan fingerprint density at radius 1 is 0.806 bits per heavy atom. The smallest absolute Gasteiger partial charge is 0.338 e. The SMILES string of the molecule is Cc1cc(C)cc(OCCOC(=O)c2ccc(N3C(=O)c4ccccc4C3=O)cc2)c1. The Labute approximate surface area is 180 Å². The van der Waals surface area contributed by atoms with Gasteiger partial charge in [-0.05, 0) is 73.5 Å². The molecule has 0 aliphatic carbocycles. The lowest BCUT2D eigenvalue weighted by Crippen LogP contribution is -2.29. The zero-order valence-corrected chi connectivity index (χ0v) is 17.3. The topological polar surface area (TPSA) is 72.9 Å². The number of rotatable bonds is 6. The van der Waals surface area contributed by atoms with Crippen molar-refractivity contribution in [3.05, 3.63) is 94.5 Å². The number of fused-ring (bicyclic) bond motifs is 1. The standard InChI is InChI=1S/C25H21NO5/c1-16-13-17(2)15-20(14-16)30-11-12-31-25(29)18-7-9-19(10-8-18)26-23(27)21-5-3-4-6-22(21)24(26)28/h3-10,13-15H,11-12H2,1-2H3. The van der Waals surface area contributed by atoms with Crippen molar-refractivity contribution < 1.29 is 23.9 Å². The molecule has 156 valence electrons. The Kier molecular flexibility index (Phi) is 5.54. The van der Waals surface area contributed by atoms with Gasteiger partial charge < -0.3 is 9.47 Å². The molecule has 0 N–H and O–H groups in total. The second-order valence-electron chi connectivity index (χ2n) is 7.35. The molecule has 0 atom stereocenters. The third-order valence-corrected chi connectivity index (χ3v) is 4.94. The zero-order valence-electron chi connectivity index (χ0n) is 17.3. The van der Waals surface area contributed by atoms with E-state index in [4.69, 9.17) is 9.47 Å². The lowest BCUT2D eigenvalue weighted by atomic mass is 10.1. The molecular formula is C25H21NO5. The van der Waals surface area contributed by atoms with Crippen LogP contribution in [0.5, 0.6) is 5.75 Å². The molecule has 3 aromatic carbocycles. The largest absolute Gasteiger partial charge is 0.490 e. The number of benzene rings is 3. The highest BCUT2D eigenvalue weighted by atomic mass is 16.6. The van der Waals surface area contributed by atoms with Crippen molar-refractivity contribution in [2.45, 2.75) is 13.8 Å². The van der Waals surface area contributed by atoms with Gasteiger partial charge in [-0.15, -0.1) is 0 Å². The zero-order chi connectivity index (χ0) is 22.0. The van der Waals surface area contributed by atoms with Crippen molar-refractivity contribution in [2.75, 3.05) is 18.1 Å². The quantitative estimate of drug-likeness (QED) is 0.340. The maximum absolute atomic E-state index is 12.6. The van der Waals surface area contributed by atoms with E-state index in [-0.39, 0.29) is 25.0 Å². The van der Waals surface area contributed by atoms with Crippen LogP contribution in [0.4, 0.5) is 5.69 Å². The summed E-state index contributed by atoms with van der Waals surface area (Å²) in [7, 11) is 0. The van der Waals surface area contributed by atoms with E-state index in [1.54, 1.807) is 36.4 Å². The summed E-state index contributed by atoms with van der Waals surface area (Å²) in [5.74, 6) is -0.518. The highest BCUT2D eigenvalue weighted by Gasteiger charge is 2.36. The first kappa shape index (κ1) is 20.3. The maximum atomic E-state index is 12.6. The summed E-state index contributed by atoms with van der Waals surface area (Å²) < 4.78 is 10.9. The number of nitrogens with zero attached hydrogens (tertiary/aromatic N) is 1.